The van der Waals surface area contributed by atoms with E-state index in [2.05, 4.69) is 12.6 Å². The first-order valence-electron chi connectivity index (χ1n) is 4.68. The van der Waals surface area contributed by atoms with E-state index in [1.165, 1.54) is 0 Å². The number of benzene rings is 1. The second-order valence-electron chi connectivity index (χ2n) is 3.30. The van der Waals surface area contributed by atoms with E-state index in [0.29, 0.717) is 5.75 Å². The third-order valence-electron chi connectivity index (χ3n) is 2.38. The van der Waals surface area contributed by atoms with E-state index in [9.17, 15) is 4.79 Å². The van der Waals surface area contributed by atoms with Crippen molar-refractivity contribution in [2.75, 3.05) is 0 Å². The van der Waals surface area contributed by atoms with E-state index in [1.807, 2.05) is 42.1 Å². The van der Waals surface area contributed by atoms with Crippen LogP contribution >= 0.6 is 12.6 Å². The van der Waals surface area contributed by atoms with Crippen molar-refractivity contribution in [1.82, 2.24) is 9.36 Å². The van der Waals surface area contributed by atoms with Crippen LogP contribution in [0.15, 0.2) is 41.2 Å². The molecule has 0 aliphatic heterocycles. The maximum atomic E-state index is 11.7. The zero-order chi connectivity index (χ0) is 10.8. The summed E-state index contributed by atoms with van der Waals surface area (Å²) in [7, 11) is 1.86. The fraction of sp³-hybridized carbons (Fsp3) is 0.182. The van der Waals surface area contributed by atoms with Gasteiger partial charge in [-0.1, -0.05) is 18.2 Å². The van der Waals surface area contributed by atoms with Gasteiger partial charge in [-0.25, -0.2) is 4.68 Å². The molecule has 1 aromatic carbocycles. The van der Waals surface area contributed by atoms with Crippen LogP contribution in [0.5, 0.6) is 0 Å². The van der Waals surface area contributed by atoms with E-state index in [1.54, 1.807) is 10.7 Å². The molecule has 2 rings (SSSR count). The SMILES string of the molecule is Cn1c(CS)cc(=O)n1-c1ccccc1. The molecule has 0 radical (unpaired) electrons. The van der Waals surface area contributed by atoms with Gasteiger partial charge in [-0.2, -0.15) is 12.6 Å². The zero-order valence-electron chi connectivity index (χ0n) is 8.42. The summed E-state index contributed by atoms with van der Waals surface area (Å²) in [5.74, 6) is 0.561. The van der Waals surface area contributed by atoms with Crippen molar-refractivity contribution in [3.05, 3.63) is 52.4 Å². The van der Waals surface area contributed by atoms with Crippen LogP contribution in [0.4, 0.5) is 0 Å². The van der Waals surface area contributed by atoms with Gasteiger partial charge in [0, 0.05) is 18.9 Å². The first kappa shape index (κ1) is 10.1. The minimum absolute atomic E-state index is 0.0206. The van der Waals surface area contributed by atoms with Gasteiger partial charge < -0.3 is 0 Å². The molecule has 0 N–H and O–H groups in total. The predicted octanol–water partition coefficient (Wildman–Crippen LogP) is 1.61. The molecule has 1 aromatic heterocycles. The number of rotatable bonds is 2. The van der Waals surface area contributed by atoms with Crippen LogP contribution in [0.2, 0.25) is 0 Å². The van der Waals surface area contributed by atoms with Crippen molar-refractivity contribution in [3.8, 4) is 5.69 Å². The predicted molar refractivity (Wildman–Crippen MR) is 63.7 cm³/mol. The lowest BCUT2D eigenvalue weighted by Gasteiger charge is -2.08. The van der Waals surface area contributed by atoms with Crippen molar-refractivity contribution in [2.45, 2.75) is 5.75 Å². The van der Waals surface area contributed by atoms with Crippen LogP contribution < -0.4 is 5.56 Å². The van der Waals surface area contributed by atoms with Gasteiger partial charge in [-0.3, -0.25) is 9.48 Å². The summed E-state index contributed by atoms with van der Waals surface area (Å²) in [6.07, 6.45) is 0. The van der Waals surface area contributed by atoms with Crippen molar-refractivity contribution < 1.29 is 0 Å². The molecule has 0 bridgehead atoms. The van der Waals surface area contributed by atoms with Gasteiger partial charge in [-0.15, -0.1) is 0 Å². The molecule has 3 nitrogen and oxygen atoms in total. The Morgan fingerprint density at radius 3 is 2.47 bits per heavy atom. The fourth-order valence-corrected chi connectivity index (χ4v) is 1.89. The summed E-state index contributed by atoms with van der Waals surface area (Å²) in [6, 6.07) is 11.2. The van der Waals surface area contributed by atoms with Crippen LogP contribution in [-0.4, -0.2) is 9.36 Å². The van der Waals surface area contributed by atoms with Crippen LogP contribution in [0.1, 0.15) is 5.69 Å². The zero-order valence-corrected chi connectivity index (χ0v) is 9.32. The molecule has 15 heavy (non-hydrogen) atoms. The molecule has 1 heterocycles. The van der Waals surface area contributed by atoms with Crippen molar-refractivity contribution >= 4 is 12.6 Å². The number of para-hydroxylation sites is 1. The third kappa shape index (κ3) is 1.72. The monoisotopic (exact) mass is 220 g/mol. The Morgan fingerprint density at radius 1 is 1.27 bits per heavy atom. The highest BCUT2D eigenvalue weighted by molar-refractivity contribution is 7.79. The second kappa shape index (κ2) is 3.98. The van der Waals surface area contributed by atoms with Gasteiger partial charge in [-0.05, 0) is 12.1 Å². The lowest BCUT2D eigenvalue weighted by atomic mass is 10.3. The molecule has 0 amide bonds. The maximum Gasteiger partial charge on any atom is 0.271 e. The number of hydrogen-bond acceptors (Lipinski definition) is 2. The van der Waals surface area contributed by atoms with E-state index < -0.39 is 0 Å². The Balaban J connectivity index is 2.64. The normalized spacial score (nSPS) is 10.5. The summed E-state index contributed by atoms with van der Waals surface area (Å²) < 4.78 is 3.45. The minimum atomic E-state index is -0.0206. The van der Waals surface area contributed by atoms with Crippen molar-refractivity contribution in [2.24, 2.45) is 7.05 Å². The van der Waals surface area contributed by atoms with E-state index in [0.717, 1.165) is 11.4 Å². The quantitative estimate of drug-likeness (QED) is 0.765. The number of thiol groups is 1. The van der Waals surface area contributed by atoms with Gasteiger partial charge in [0.05, 0.1) is 11.4 Å². The molecule has 0 saturated heterocycles. The summed E-state index contributed by atoms with van der Waals surface area (Å²) in [4.78, 5) is 11.7. The fourth-order valence-electron chi connectivity index (χ4n) is 1.59. The Morgan fingerprint density at radius 2 is 1.93 bits per heavy atom. The molecular formula is C11H12N2OS. The Kier molecular flexibility index (Phi) is 2.68. The Bertz CT molecular complexity index is 513. The summed E-state index contributed by atoms with van der Waals surface area (Å²) >= 11 is 4.18. The largest absolute Gasteiger partial charge is 0.284 e. The average Bonchev–Trinajstić information content (AvgIpc) is 2.55. The molecule has 4 heteroatoms. The highest BCUT2D eigenvalue weighted by Gasteiger charge is 2.07. The van der Waals surface area contributed by atoms with Gasteiger partial charge >= 0.3 is 0 Å². The molecule has 0 atom stereocenters. The summed E-state index contributed by atoms with van der Waals surface area (Å²) in [6.45, 7) is 0. The van der Waals surface area contributed by atoms with Gasteiger partial charge in [0.1, 0.15) is 0 Å². The first-order valence-corrected chi connectivity index (χ1v) is 5.31. The standard InChI is InChI=1S/C11H12N2OS/c1-12-10(8-15)7-11(14)13(12)9-5-3-2-4-6-9/h2-7,15H,8H2,1H3. The van der Waals surface area contributed by atoms with E-state index in [4.69, 9.17) is 0 Å². The number of hydrogen-bond donors (Lipinski definition) is 1. The highest BCUT2D eigenvalue weighted by atomic mass is 32.1. The average molecular weight is 220 g/mol. The lowest BCUT2D eigenvalue weighted by molar-refractivity contribution is 0.628. The second-order valence-corrected chi connectivity index (χ2v) is 3.62. The number of aromatic nitrogens is 2. The summed E-state index contributed by atoms with van der Waals surface area (Å²) in [5.41, 5.74) is 1.76. The third-order valence-corrected chi connectivity index (χ3v) is 2.70. The molecule has 0 saturated carbocycles. The van der Waals surface area contributed by atoms with Crippen LogP contribution in [0, 0.1) is 0 Å². The topological polar surface area (TPSA) is 26.9 Å². The van der Waals surface area contributed by atoms with Crippen LogP contribution in [0.25, 0.3) is 5.69 Å². The lowest BCUT2D eigenvalue weighted by Crippen LogP contribution is -2.19. The molecule has 78 valence electrons. The highest BCUT2D eigenvalue weighted by Crippen LogP contribution is 2.07. The van der Waals surface area contributed by atoms with Crippen LogP contribution in [0.3, 0.4) is 0 Å². The Hall–Kier alpha value is -1.42. The Labute approximate surface area is 93.4 Å². The van der Waals surface area contributed by atoms with E-state index in [-0.39, 0.29) is 5.56 Å². The van der Waals surface area contributed by atoms with Crippen LogP contribution in [-0.2, 0) is 12.8 Å². The molecular weight excluding hydrogens is 208 g/mol. The molecule has 0 aliphatic carbocycles. The molecule has 0 spiro atoms. The van der Waals surface area contributed by atoms with Crippen molar-refractivity contribution in [1.29, 1.82) is 0 Å². The minimum Gasteiger partial charge on any atom is -0.284 e. The smallest absolute Gasteiger partial charge is 0.271 e. The summed E-state index contributed by atoms with van der Waals surface area (Å²) in [5, 5.41) is 0. The molecule has 0 unspecified atom stereocenters. The molecule has 2 aromatic rings. The maximum absolute atomic E-state index is 11.7. The van der Waals surface area contributed by atoms with Gasteiger partial charge in [0.15, 0.2) is 0 Å². The van der Waals surface area contributed by atoms with E-state index >= 15 is 0 Å². The van der Waals surface area contributed by atoms with Gasteiger partial charge in [0.25, 0.3) is 5.56 Å². The molecule has 0 fully saturated rings. The van der Waals surface area contributed by atoms with Gasteiger partial charge in [0.2, 0.25) is 0 Å². The van der Waals surface area contributed by atoms with Crippen molar-refractivity contribution in [3.63, 3.8) is 0 Å². The number of nitrogens with zero attached hydrogens (tertiary/aromatic N) is 2. The molecule has 0 aliphatic rings. The first-order chi connectivity index (χ1) is 7.24.